The molecule has 0 aromatic carbocycles. The van der Waals surface area contributed by atoms with Gasteiger partial charge in [0.05, 0.1) is 0 Å². The third kappa shape index (κ3) is 1.77. The highest BCUT2D eigenvalue weighted by Crippen LogP contribution is 2.43. The first-order valence-corrected chi connectivity index (χ1v) is 6.39. The summed E-state index contributed by atoms with van der Waals surface area (Å²) in [6, 6.07) is 1.75. The molecule has 1 aliphatic rings. The number of hydrogen-bond acceptors (Lipinski definition) is 2. The van der Waals surface area contributed by atoms with Crippen LogP contribution in [0.3, 0.4) is 0 Å². The van der Waals surface area contributed by atoms with Crippen LogP contribution >= 0.6 is 43.5 Å². The maximum Gasteiger partial charge on any atom is 0.239 e. The molecule has 0 spiro atoms. The number of aromatic nitrogens is 2. The quantitative estimate of drug-likeness (QED) is 0.413. The van der Waals surface area contributed by atoms with Crippen molar-refractivity contribution in [3.8, 4) is 0 Å². The topological polar surface area (TPSA) is 39.8 Å². The van der Waals surface area contributed by atoms with Gasteiger partial charge in [-0.25, -0.2) is 0 Å². The van der Waals surface area contributed by atoms with E-state index in [4.69, 9.17) is 11.6 Å². The molecule has 0 aliphatic heterocycles. The minimum absolute atomic E-state index is 0.0774. The summed E-state index contributed by atoms with van der Waals surface area (Å²) < 4.78 is 0. The Hall–Kier alpha value is 0.130. The molecule has 2 atom stereocenters. The van der Waals surface area contributed by atoms with Gasteiger partial charge < -0.3 is 5.21 Å². The minimum atomic E-state index is 0.0774. The zero-order valence-electron chi connectivity index (χ0n) is 7.08. The van der Waals surface area contributed by atoms with Crippen LogP contribution in [-0.2, 0) is 0 Å². The summed E-state index contributed by atoms with van der Waals surface area (Å²) in [6.07, 6.45) is 1.91. The highest BCUT2D eigenvalue weighted by Gasteiger charge is 2.32. The fourth-order valence-electron chi connectivity index (χ4n) is 1.62. The fourth-order valence-corrected chi connectivity index (χ4v) is 3.14. The number of nitrogens with zero attached hydrogens (tertiary/aromatic N) is 2. The molecule has 0 radical (unpaired) electrons. The summed E-state index contributed by atoms with van der Waals surface area (Å²) in [5.41, 5.74) is 1.61. The van der Waals surface area contributed by atoms with E-state index in [1.165, 1.54) is 0 Å². The van der Waals surface area contributed by atoms with Crippen molar-refractivity contribution in [1.29, 1.82) is 0 Å². The van der Waals surface area contributed by atoms with Crippen LogP contribution in [0.15, 0.2) is 6.07 Å². The van der Waals surface area contributed by atoms with Crippen molar-refractivity contribution in [2.75, 3.05) is 0 Å². The normalized spacial score (nSPS) is 25.9. The molecule has 1 heterocycles. The van der Waals surface area contributed by atoms with Crippen LogP contribution in [-0.4, -0.2) is 5.10 Å². The molecule has 3 nitrogen and oxygen atoms in total. The van der Waals surface area contributed by atoms with Crippen molar-refractivity contribution in [3.05, 3.63) is 27.7 Å². The van der Waals surface area contributed by atoms with E-state index in [0.717, 1.165) is 18.4 Å². The summed E-state index contributed by atoms with van der Waals surface area (Å²) in [7, 11) is 0. The Morgan fingerprint density at radius 3 is 2.79 bits per heavy atom. The Morgan fingerprint density at radius 2 is 2.07 bits per heavy atom. The lowest BCUT2D eigenvalue weighted by Gasteiger charge is -2.21. The summed E-state index contributed by atoms with van der Waals surface area (Å²) in [4.78, 5) is 0.894. The second-order valence-electron chi connectivity index (χ2n) is 3.19. The lowest BCUT2D eigenvalue weighted by atomic mass is 9.97. The molecule has 1 aromatic rings. The van der Waals surface area contributed by atoms with Crippen LogP contribution < -0.4 is 4.85 Å². The molecule has 0 amide bonds. The maximum atomic E-state index is 11.5. The van der Waals surface area contributed by atoms with Gasteiger partial charge in [-0.15, -0.1) is 0 Å². The molecule has 0 unspecified atom stereocenters. The molecule has 1 aliphatic carbocycles. The molecule has 76 valence electrons. The van der Waals surface area contributed by atoms with Crippen LogP contribution in [0.1, 0.15) is 33.8 Å². The zero-order valence-corrected chi connectivity index (χ0v) is 11.0. The third-order valence-corrected chi connectivity index (χ3v) is 4.30. The smallest absolute Gasteiger partial charge is 0.239 e. The second kappa shape index (κ2) is 3.94. The number of rotatable bonds is 0. The Kier molecular flexibility index (Phi) is 3.00. The van der Waals surface area contributed by atoms with Crippen LogP contribution in [0.5, 0.6) is 0 Å². The van der Waals surface area contributed by atoms with Crippen LogP contribution in [0.25, 0.3) is 0 Å². The van der Waals surface area contributed by atoms with Gasteiger partial charge in [-0.2, -0.15) is 0 Å². The van der Waals surface area contributed by atoms with E-state index in [1.54, 1.807) is 6.07 Å². The van der Waals surface area contributed by atoms with Gasteiger partial charge in [0, 0.05) is 15.5 Å². The lowest BCUT2D eigenvalue weighted by Crippen LogP contribution is -2.39. The minimum Gasteiger partial charge on any atom is -0.594 e. The Labute approximate surface area is 103 Å². The van der Waals surface area contributed by atoms with Crippen LogP contribution in [0, 0.1) is 5.21 Å². The molecule has 1 aromatic heterocycles. The van der Waals surface area contributed by atoms with Crippen molar-refractivity contribution in [1.82, 2.24) is 5.10 Å². The average molecular weight is 342 g/mol. The molecule has 0 fully saturated rings. The van der Waals surface area contributed by atoms with Crippen molar-refractivity contribution >= 4 is 43.5 Å². The van der Waals surface area contributed by atoms with Gasteiger partial charge >= 0.3 is 0 Å². The maximum absolute atomic E-state index is 11.5. The van der Waals surface area contributed by atoms with Gasteiger partial charge in [0.15, 0.2) is 5.15 Å². The molecular formula is C8H7Br2ClN2O. The van der Waals surface area contributed by atoms with Gasteiger partial charge in [-0.3, -0.25) is 0 Å². The standard InChI is InChI=1S/C8H7Br2ClN2O/c9-5-1-2-6(10)8-4(5)3-7(11)12-13(8)14/h3,5-6H,1-2H2/t5-,6-/m0/s1. The van der Waals surface area contributed by atoms with E-state index in [1.807, 2.05) is 0 Å². The van der Waals surface area contributed by atoms with Crippen LogP contribution in [0.4, 0.5) is 0 Å². The monoisotopic (exact) mass is 340 g/mol. The van der Waals surface area contributed by atoms with E-state index in [9.17, 15) is 5.21 Å². The molecule has 6 heteroatoms. The van der Waals surface area contributed by atoms with Crippen molar-refractivity contribution in [3.63, 3.8) is 0 Å². The van der Waals surface area contributed by atoms with Crippen molar-refractivity contribution < 1.29 is 4.85 Å². The van der Waals surface area contributed by atoms with Crippen LogP contribution in [0.2, 0.25) is 5.15 Å². The molecule has 0 bridgehead atoms. The molecule has 0 saturated heterocycles. The van der Waals surface area contributed by atoms with Crippen molar-refractivity contribution in [2.45, 2.75) is 22.5 Å². The highest BCUT2D eigenvalue weighted by atomic mass is 79.9. The largest absolute Gasteiger partial charge is 0.594 e. The predicted octanol–water partition coefficient (Wildman–Crippen LogP) is 3.03. The molecular weight excluding hydrogens is 335 g/mol. The number of hydrogen-bond donors (Lipinski definition) is 0. The van der Waals surface area contributed by atoms with Gasteiger partial charge in [0.1, 0.15) is 4.83 Å². The summed E-state index contributed by atoms with van der Waals surface area (Å²) in [5.74, 6) is 0. The van der Waals surface area contributed by atoms with E-state index in [-0.39, 0.29) is 14.8 Å². The van der Waals surface area contributed by atoms with E-state index in [0.29, 0.717) is 10.5 Å². The Morgan fingerprint density at radius 1 is 1.43 bits per heavy atom. The Bertz CT molecular complexity index is 375. The first-order chi connectivity index (χ1) is 6.59. The SMILES string of the molecule is [O-][n+]1nc(Cl)cc2c1[C@@H](Br)CC[C@@H]2Br. The van der Waals surface area contributed by atoms with Gasteiger partial charge in [-0.05, 0) is 18.9 Å². The van der Waals surface area contributed by atoms with E-state index in [2.05, 4.69) is 37.0 Å². The Balaban J connectivity index is 2.60. The second-order valence-corrected chi connectivity index (χ2v) is 5.79. The highest BCUT2D eigenvalue weighted by molar-refractivity contribution is 9.09. The summed E-state index contributed by atoms with van der Waals surface area (Å²) in [6.45, 7) is 0. The molecule has 14 heavy (non-hydrogen) atoms. The predicted molar refractivity (Wildman–Crippen MR) is 60.8 cm³/mol. The molecule has 0 saturated carbocycles. The molecule has 0 N–H and O–H groups in total. The van der Waals surface area contributed by atoms with Gasteiger partial charge in [0.25, 0.3) is 0 Å². The van der Waals surface area contributed by atoms with Gasteiger partial charge in [0.2, 0.25) is 5.69 Å². The average Bonchev–Trinajstić information content (AvgIpc) is 2.10. The first kappa shape index (κ1) is 10.6. The number of alkyl halides is 2. The lowest BCUT2D eigenvalue weighted by molar-refractivity contribution is -0.677. The summed E-state index contributed by atoms with van der Waals surface area (Å²) in [5, 5.41) is 15.4. The molecule has 2 rings (SSSR count). The number of halogens is 3. The van der Waals surface area contributed by atoms with E-state index >= 15 is 0 Å². The third-order valence-electron chi connectivity index (χ3n) is 2.27. The van der Waals surface area contributed by atoms with Gasteiger partial charge in [-0.1, -0.05) is 48.3 Å². The number of fused-ring (bicyclic) bond motifs is 1. The first-order valence-electron chi connectivity index (χ1n) is 4.18. The van der Waals surface area contributed by atoms with E-state index < -0.39 is 0 Å². The fraction of sp³-hybridized carbons (Fsp3) is 0.500. The van der Waals surface area contributed by atoms with Crippen molar-refractivity contribution in [2.24, 2.45) is 0 Å². The summed E-state index contributed by atoms with van der Waals surface area (Å²) >= 11 is 12.7. The zero-order chi connectivity index (χ0) is 10.3.